The Bertz CT molecular complexity index is 1070. The maximum Gasteiger partial charge on any atom is 0.317 e. The Morgan fingerprint density at radius 1 is 1.19 bits per heavy atom. The molecule has 0 aliphatic carbocycles. The zero-order chi connectivity index (χ0) is 18.1. The predicted octanol–water partition coefficient (Wildman–Crippen LogP) is 1.83. The Balaban J connectivity index is 1.48. The monoisotopic (exact) mass is 370 g/mol. The third-order valence-electron chi connectivity index (χ3n) is 4.49. The summed E-state index contributed by atoms with van der Waals surface area (Å²) >= 11 is 0. The van der Waals surface area contributed by atoms with Crippen molar-refractivity contribution in [3.63, 3.8) is 0 Å². The number of carbonyl (C=O) groups is 1. The van der Waals surface area contributed by atoms with Crippen LogP contribution in [0.25, 0.3) is 5.65 Å². The number of carbonyl (C=O) groups excluding carboxylic acids is 1. The first-order chi connectivity index (χ1) is 12.5. The molecule has 3 aromatic rings. The van der Waals surface area contributed by atoms with Crippen LogP contribution >= 0.6 is 0 Å². The molecular weight excluding hydrogens is 352 g/mol. The number of amides is 2. The molecule has 0 saturated heterocycles. The van der Waals surface area contributed by atoms with Crippen molar-refractivity contribution < 1.29 is 13.2 Å². The Labute approximate surface area is 151 Å². The van der Waals surface area contributed by atoms with E-state index in [1.54, 1.807) is 30.5 Å². The number of benzene rings is 1. The van der Waals surface area contributed by atoms with Gasteiger partial charge in [-0.15, -0.1) is 0 Å². The molecule has 0 spiro atoms. The Morgan fingerprint density at radius 2 is 2.04 bits per heavy atom. The number of aromatic nitrogens is 2. The molecule has 3 heterocycles. The van der Waals surface area contributed by atoms with E-state index in [4.69, 9.17) is 0 Å². The molecule has 1 aliphatic heterocycles. The second-order valence-corrected chi connectivity index (χ2v) is 8.31. The largest absolute Gasteiger partial charge is 0.334 e. The van der Waals surface area contributed by atoms with Crippen LogP contribution in [-0.4, -0.2) is 41.0 Å². The summed E-state index contributed by atoms with van der Waals surface area (Å²) in [4.78, 5) is 18.6. The van der Waals surface area contributed by atoms with Crippen LogP contribution in [0.1, 0.15) is 11.1 Å². The molecule has 0 saturated carbocycles. The van der Waals surface area contributed by atoms with Gasteiger partial charge in [0.25, 0.3) is 0 Å². The van der Waals surface area contributed by atoms with Gasteiger partial charge in [0.1, 0.15) is 5.65 Å². The minimum absolute atomic E-state index is 0.0720. The lowest BCUT2D eigenvalue weighted by molar-refractivity contribution is 0.198. The number of sulfone groups is 1. The van der Waals surface area contributed by atoms with Crippen molar-refractivity contribution >= 4 is 21.5 Å². The zero-order valence-electron chi connectivity index (χ0n) is 14.0. The van der Waals surface area contributed by atoms with E-state index in [0.29, 0.717) is 17.0 Å². The van der Waals surface area contributed by atoms with E-state index in [-0.39, 0.29) is 24.9 Å². The summed E-state index contributed by atoms with van der Waals surface area (Å²) in [6, 6.07) is 10.4. The lowest BCUT2D eigenvalue weighted by Gasteiger charge is -2.21. The maximum atomic E-state index is 12.6. The average Bonchev–Trinajstić information content (AvgIpc) is 3.06. The van der Waals surface area contributed by atoms with Crippen molar-refractivity contribution in [1.82, 2.24) is 19.6 Å². The minimum atomic E-state index is -3.36. The smallest absolute Gasteiger partial charge is 0.317 e. The quantitative estimate of drug-likeness (QED) is 0.746. The standard InChI is InChI=1S/C18H18N4O3S/c23-18(20-12-14-5-7-21-8-6-19-17(21)11-14)22-9-10-26(24,25)16-4-2-1-3-15(16)13-22/h1-8,11H,9-10,12-13H2,(H,20,23). The summed E-state index contributed by atoms with van der Waals surface area (Å²) in [7, 11) is -3.36. The molecule has 0 fully saturated rings. The fourth-order valence-corrected chi connectivity index (χ4v) is 4.59. The van der Waals surface area contributed by atoms with Crippen LogP contribution in [0.4, 0.5) is 4.79 Å². The average molecular weight is 370 g/mol. The lowest BCUT2D eigenvalue weighted by Crippen LogP contribution is -2.40. The topological polar surface area (TPSA) is 83.8 Å². The first-order valence-corrected chi connectivity index (χ1v) is 9.93. The molecule has 26 heavy (non-hydrogen) atoms. The van der Waals surface area contributed by atoms with Gasteiger partial charge in [0.15, 0.2) is 9.84 Å². The molecule has 1 N–H and O–H groups in total. The van der Waals surface area contributed by atoms with E-state index in [0.717, 1.165) is 11.2 Å². The summed E-state index contributed by atoms with van der Waals surface area (Å²) in [5, 5.41) is 2.87. The number of fused-ring (bicyclic) bond motifs is 2. The second-order valence-electron chi connectivity index (χ2n) is 6.23. The van der Waals surface area contributed by atoms with E-state index in [1.807, 2.05) is 28.9 Å². The number of hydrogen-bond donors (Lipinski definition) is 1. The number of urea groups is 1. The summed E-state index contributed by atoms with van der Waals surface area (Å²) in [6.07, 6.45) is 5.46. The third-order valence-corrected chi connectivity index (χ3v) is 6.28. The Kier molecular flexibility index (Phi) is 4.12. The van der Waals surface area contributed by atoms with Gasteiger partial charge >= 0.3 is 6.03 Å². The zero-order valence-corrected chi connectivity index (χ0v) is 14.8. The van der Waals surface area contributed by atoms with Gasteiger partial charge in [-0.05, 0) is 29.3 Å². The first-order valence-electron chi connectivity index (χ1n) is 8.28. The van der Waals surface area contributed by atoms with Gasteiger partial charge in [-0.3, -0.25) is 0 Å². The highest BCUT2D eigenvalue weighted by Gasteiger charge is 2.27. The van der Waals surface area contributed by atoms with Crippen molar-refractivity contribution in [3.05, 3.63) is 66.1 Å². The van der Waals surface area contributed by atoms with Crippen molar-refractivity contribution in [2.75, 3.05) is 12.3 Å². The number of nitrogens with one attached hydrogen (secondary N) is 1. The molecule has 4 rings (SSSR count). The van der Waals surface area contributed by atoms with Crippen molar-refractivity contribution in [3.8, 4) is 0 Å². The molecular formula is C18H18N4O3S. The highest BCUT2D eigenvalue weighted by molar-refractivity contribution is 7.91. The van der Waals surface area contributed by atoms with E-state index in [2.05, 4.69) is 10.3 Å². The number of imidazole rings is 1. The fourth-order valence-electron chi connectivity index (χ4n) is 3.09. The normalized spacial score (nSPS) is 16.1. The summed E-state index contributed by atoms with van der Waals surface area (Å²) in [5.74, 6) is -0.0720. The predicted molar refractivity (Wildman–Crippen MR) is 96.3 cm³/mol. The van der Waals surface area contributed by atoms with Gasteiger partial charge < -0.3 is 14.6 Å². The Hall–Kier alpha value is -2.87. The fraction of sp³-hybridized carbons (Fsp3) is 0.222. The van der Waals surface area contributed by atoms with E-state index in [9.17, 15) is 13.2 Å². The van der Waals surface area contributed by atoms with Gasteiger partial charge in [0, 0.05) is 38.2 Å². The molecule has 0 radical (unpaired) electrons. The van der Waals surface area contributed by atoms with E-state index in [1.165, 1.54) is 4.90 Å². The number of rotatable bonds is 2. The van der Waals surface area contributed by atoms with Gasteiger partial charge in [0.05, 0.1) is 10.6 Å². The first kappa shape index (κ1) is 16.6. The third kappa shape index (κ3) is 3.15. The summed E-state index contributed by atoms with van der Waals surface area (Å²) in [5.41, 5.74) is 2.39. The molecule has 1 aliphatic rings. The molecule has 0 unspecified atom stereocenters. The summed E-state index contributed by atoms with van der Waals surface area (Å²) < 4.78 is 26.6. The van der Waals surface area contributed by atoms with Crippen LogP contribution < -0.4 is 5.32 Å². The van der Waals surface area contributed by atoms with E-state index >= 15 is 0 Å². The highest BCUT2D eigenvalue weighted by Crippen LogP contribution is 2.22. The molecule has 0 bridgehead atoms. The van der Waals surface area contributed by atoms with Crippen LogP contribution in [0.15, 0.2) is 59.9 Å². The van der Waals surface area contributed by atoms with Gasteiger partial charge in [-0.2, -0.15) is 0 Å². The minimum Gasteiger partial charge on any atom is -0.334 e. The molecule has 7 nitrogen and oxygen atoms in total. The molecule has 2 amide bonds. The molecule has 1 aromatic carbocycles. The molecule has 0 atom stereocenters. The Morgan fingerprint density at radius 3 is 2.92 bits per heavy atom. The van der Waals surface area contributed by atoms with Crippen molar-refractivity contribution in [1.29, 1.82) is 0 Å². The maximum absolute atomic E-state index is 12.6. The molecule has 2 aromatic heterocycles. The van der Waals surface area contributed by atoms with Gasteiger partial charge in [0.2, 0.25) is 0 Å². The number of pyridine rings is 1. The lowest BCUT2D eigenvalue weighted by atomic mass is 10.2. The van der Waals surface area contributed by atoms with Gasteiger partial charge in [-0.1, -0.05) is 18.2 Å². The van der Waals surface area contributed by atoms with Crippen LogP contribution in [0.5, 0.6) is 0 Å². The number of nitrogens with zero attached hydrogens (tertiary/aromatic N) is 3. The van der Waals surface area contributed by atoms with Crippen LogP contribution in [0.2, 0.25) is 0 Å². The second kappa shape index (κ2) is 6.45. The van der Waals surface area contributed by atoms with E-state index < -0.39 is 9.84 Å². The SMILES string of the molecule is O=C(NCc1ccn2ccnc2c1)N1CCS(=O)(=O)c2ccccc2C1. The summed E-state index contributed by atoms with van der Waals surface area (Å²) in [6.45, 7) is 0.801. The van der Waals surface area contributed by atoms with Gasteiger partial charge in [-0.25, -0.2) is 18.2 Å². The molecule has 134 valence electrons. The van der Waals surface area contributed by atoms with Crippen molar-refractivity contribution in [2.45, 2.75) is 18.0 Å². The van der Waals surface area contributed by atoms with Crippen LogP contribution in [-0.2, 0) is 22.9 Å². The van der Waals surface area contributed by atoms with Crippen LogP contribution in [0.3, 0.4) is 0 Å². The highest BCUT2D eigenvalue weighted by atomic mass is 32.2. The van der Waals surface area contributed by atoms with Crippen LogP contribution in [0, 0.1) is 0 Å². The molecule has 8 heteroatoms. The number of hydrogen-bond acceptors (Lipinski definition) is 4. The van der Waals surface area contributed by atoms with Crippen molar-refractivity contribution in [2.24, 2.45) is 0 Å².